The highest BCUT2D eigenvalue weighted by atomic mass is 16.5. The number of hydrogen-bond acceptors (Lipinski definition) is 5. The van der Waals surface area contributed by atoms with Gasteiger partial charge < -0.3 is 15.2 Å². The molecule has 4 rings (SSSR count). The maximum absolute atomic E-state index is 12.6. The zero-order valence-electron chi connectivity index (χ0n) is 18.0. The first-order chi connectivity index (χ1) is 15.0. The molecule has 1 amide bonds. The van der Waals surface area contributed by atoms with Crippen LogP contribution < -0.4 is 10.6 Å². The van der Waals surface area contributed by atoms with E-state index in [-0.39, 0.29) is 11.8 Å². The Morgan fingerprint density at radius 3 is 2.74 bits per heavy atom. The molecule has 0 bridgehead atoms. The summed E-state index contributed by atoms with van der Waals surface area (Å²) in [5, 5.41) is 19.8. The maximum atomic E-state index is 12.6. The minimum atomic E-state index is -0.403. The largest absolute Gasteiger partial charge is 0.356 e. The number of hydrogen-bond donors (Lipinski definition) is 2. The van der Waals surface area contributed by atoms with E-state index in [0.29, 0.717) is 23.3 Å². The van der Waals surface area contributed by atoms with Crippen molar-refractivity contribution in [2.45, 2.75) is 57.7 Å². The fourth-order valence-corrected chi connectivity index (χ4v) is 3.66. The quantitative estimate of drug-likeness (QED) is 0.672. The van der Waals surface area contributed by atoms with Crippen molar-refractivity contribution >= 4 is 5.91 Å². The van der Waals surface area contributed by atoms with E-state index in [1.807, 2.05) is 36.4 Å². The maximum Gasteiger partial charge on any atom is 0.252 e. The molecule has 0 saturated heterocycles. The van der Waals surface area contributed by atoms with Crippen LogP contribution in [0.1, 0.15) is 50.3 Å². The van der Waals surface area contributed by atoms with E-state index in [2.05, 4.69) is 47.8 Å². The lowest BCUT2D eigenvalue weighted by Crippen LogP contribution is -2.36. The summed E-state index contributed by atoms with van der Waals surface area (Å²) in [4.78, 5) is 12.6. The average molecular weight is 417 g/mol. The summed E-state index contributed by atoms with van der Waals surface area (Å²) in [7, 11) is 0. The van der Waals surface area contributed by atoms with Crippen molar-refractivity contribution in [2.24, 2.45) is 5.92 Å². The Kier molecular flexibility index (Phi) is 6.34. The van der Waals surface area contributed by atoms with Gasteiger partial charge >= 0.3 is 0 Å². The minimum absolute atomic E-state index is 0.0285. The Morgan fingerprint density at radius 2 is 2.06 bits per heavy atom. The molecule has 2 aromatic rings. The van der Waals surface area contributed by atoms with E-state index in [1.165, 1.54) is 5.56 Å². The van der Waals surface area contributed by atoms with Crippen molar-refractivity contribution in [1.82, 2.24) is 15.8 Å². The van der Waals surface area contributed by atoms with Crippen LogP contribution in [-0.4, -0.2) is 23.1 Å². The van der Waals surface area contributed by atoms with Crippen LogP contribution in [0.5, 0.6) is 0 Å². The molecule has 2 unspecified atom stereocenters. The van der Waals surface area contributed by atoms with Crippen LogP contribution >= 0.6 is 0 Å². The molecule has 0 spiro atoms. The first kappa shape index (κ1) is 21.1. The molecule has 1 saturated carbocycles. The Balaban J connectivity index is 1.43. The molecular formula is C25H28N4O2. The number of benzene rings is 1. The van der Waals surface area contributed by atoms with Gasteiger partial charge in [-0.15, -0.1) is 0 Å². The number of carbonyl (C=O) groups excluding carboxylic acids is 1. The predicted octanol–water partition coefficient (Wildman–Crippen LogP) is 4.23. The van der Waals surface area contributed by atoms with Gasteiger partial charge in [0.25, 0.3) is 5.91 Å². The van der Waals surface area contributed by atoms with Crippen molar-refractivity contribution in [1.29, 1.82) is 5.26 Å². The average Bonchev–Trinajstić information content (AvgIpc) is 3.51. The minimum Gasteiger partial charge on any atom is -0.356 e. The zero-order chi connectivity index (χ0) is 21.8. The van der Waals surface area contributed by atoms with Crippen molar-refractivity contribution in [3.63, 3.8) is 0 Å². The van der Waals surface area contributed by atoms with Gasteiger partial charge in [0.1, 0.15) is 6.04 Å². The van der Waals surface area contributed by atoms with Gasteiger partial charge in [-0.1, -0.05) is 61.5 Å². The molecule has 1 aromatic heterocycles. The highest BCUT2D eigenvalue weighted by molar-refractivity contribution is 5.97. The lowest BCUT2D eigenvalue weighted by atomic mass is 9.92. The second-order valence-electron chi connectivity index (χ2n) is 8.63. The second-order valence-corrected chi connectivity index (χ2v) is 8.63. The number of nitriles is 1. The number of nitrogens with zero attached hydrogens (tertiary/aromatic N) is 2. The monoisotopic (exact) mass is 416 g/mol. The van der Waals surface area contributed by atoms with Gasteiger partial charge in [-0.3, -0.25) is 4.79 Å². The van der Waals surface area contributed by atoms with Crippen LogP contribution in [0.2, 0.25) is 0 Å². The SMILES string of the molecule is CC(C)NCc1ccc(-c2cc(C3C=C(C(=O)NC(C#N)C4CC4)C=CC3)no2)cc1. The normalized spacial score (nSPS) is 19.0. The van der Waals surface area contributed by atoms with E-state index in [0.717, 1.165) is 37.1 Å². The summed E-state index contributed by atoms with van der Waals surface area (Å²) in [6.45, 7) is 5.09. The van der Waals surface area contributed by atoms with E-state index in [4.69, 9.17) is 4.52 Å². The Morgan fingerprint density at radius 1 is 1.29 bits per heavy atom. The van der Waals surface area contributed by atoms with Crippen LogP contribution in [0.4, 0.5) is 0 Å². The smallest absolute Gasteiger partial charge is 0.252 e. The lowest BCUT2D eigenvalue weighted by Gasteiger charge is -2.16. The van der Waals surface area contributed by atoms with Crippen molar-refractivity contribution in [3.8, 4) is 17.4 Å². The molecule has 0 radical (unpaired) electrons. The molecular weight excluding hydrogens is 388 g/mol. The lowest BCUT2D eigenvalue weighted by molar-refractivity contribution is -0.117. The Hall–Kier alpha value is -3.17. The van der Waals surface area contributed by atoms with Gasteiger partial charge in [-0.05, 0) is 30.7 Å². The van der Waals surface area contributed by atoms with Crippen molar-refractivity contribution < 1.29 is 9.32 Å². The molecule has 2 atom stereocenters. The second kappa shape index (κ2) is 9.32. The molecule has 1 heterocycles. The number of aromatic nitrogens is 1. The molecule has 0 aliphatic heterocycles. The van der Waals surface area contributed by atoms with Gasteiger partial charge in [-0.2, -0.15) is 5.26 Å². The highest BCUT2D eigenvalue weighted by Gasteiger charge is 2.33. The van der Waals surface area contributed by atoms with Crippen molar-refractivity contribution in [3.05, 3.63) is 65.4 Å². The van der Waals surface area contributed by atoms with E-state index in [9.17, 15) is 10.1 Å². The fourth-order valence-electron chi connectivity index (χ4n) is 3.66. The molecule has 1 aromatic carbocycles. The Labute approximate surface area is 183 Å². The van der Waals surface area contributed by atoms with Crippen LogP contribution in [-0.2, 0) is 11.3 Å². The van der Waals surface area contributed by atoms with Crippen LogP contribution in [0.25, 0.3) is 11.3 Å². The third-order valence-corrected chi connectivity index (χ3v) is 5.71. The molecule has 6 nitrogen and oxygen atoms in total. The van der Waals surface area contributed by atoms with Gasteiger partial charge in [0.2, 0.25) is 0 Å². The van der Waals surface area contributed by atoms with Gasteiger partial charge in [-0.25, -0.2) is 0 Å². The number of nitrogens with one attached hydrogen (secondary N) is 2. The summed E-state index contributed by atoms with van der Waals surface area (Å²) < 4.78 is 5.60. The summed E-state index contributed by atoms with van der Waals surface area (Å²) in [5.74, 6) is 0.780. The number of rotatable bonds is 8. The third-order valence-electron chi connectivity index (χ3n) is 5.71. The number of allylic oxidation sites excluding steroid dienone is 2. The summed E-state index contributed by atoms with van der Waals surface area (Å²) in [6.07, 6.45) is 8.48. The van der Waals surface area contributed by atoms with Gasteiger partial charge in [0, 0.05) is 35.7 Å². The van der Waals surface area contributed by atoms with Crippen LogP contribution in [0.15, 0.2) is 58.7 Å². The van der Waals surface area contributed by atoms with E-state index < -0.39 is 6.04 Å². The Bertz CT molecular complexity index is 1020. The van der Waals surface area contributed by atoms with Crippen molar-refractivity contribution in [2.75, 3.05) is 0 Å². The third kappa shape index (κ3) is 5.31. The number of amides is 1. The standard InChI is InChI=1S/C25H28N4O2/c1-16(2)27-15-17-6-8-19(9-7-17)24-13-22(29-31-24)20-4-3-5-21(12-20)25(30)28-23(14-26)18-10-11-18/h3,5-9,12-13,16,18,20,23,27H,4,10-11,15H2,1-2H3,(H,28,30). The molecule has 2 aliphatic carbocycles. The molecule has 6 heteroatoms. The van der Waals surface area contributed by atoms with Crippen LogP contribution in [0.3, 0.4) is 0 Å². The topological polar surface area (TPSA) is 91.0 Å². The molecule has 1 fully saturated rings. The fraction of sp³-hybridized carbons (Fsp3) is 0.400. The van der Waals surface area contributed by atoms with Crippen LogP contribution in [0, 0.1) is 17.2 Å². The molecule has 160 valence electrons. The first-order valence-corrected chi connectivity index (χ1v) is 10.9. The zero-order valence-corrected chi connectivity index (χ0v) is 18.0. The highest BCUT2D eigenvalue weighted by Crippen LogP contribution is 2.33. The van der Waals surface area contributed by atoms with E-state index in [1.54, 1.807) is 0 Å². The molecule has 31 heavy (non-hydrogen) atoms. The van der Waals surface area contributed by atoms with Gasteiger partial charge in [0.15, 0.2) is 5.76 Å². The molecule has 2 N–H and O–H groups in total. The first-order valence-electron chi connectivity index (χ1n) is 10.9. The predicted molar refractivity (Wildman–Crippen MR) is 119 cm³/mol. The van der Waals surface area contributed by atoms with Gasteiger partial charge in [0.05, 0.1) is 11.8 Å². The summed E-state index contributed by atoms with van der Waals surface area (Å²) in [6, 6.07) is 12.4. The molecule has 2 aliphatic rings. The van der Waals surface area contributed by atoms with E-state index >= 15 is 0 Å². The summed E-state index contributed by atoms with van der Waals surface area (Å²) in [5.41, 5.74) is 3.56. The summed E-state index contributed by atoms with van der Waals surface area (Å²) >= 11 is 0. The number of carbonyl (C=O) groups is 1.